The van der Waals surface area contributed by atoms with Crippen LogP contribution in [0.25, 0.3) is 17.1 Å². The molecule has 8 nitrogen and oxygen atoms in total. The van der Waals surface area contributed by atoms with Crippen molar-refractivity contribution in [1.82, 2.24) is 19.2 Å². The Labute approximate surface area is 209 Å². The monoisotopic (exact) mass is 498 g/mol. The number of ether oxygens (including phenoxy) is 1. The topological polar surface area (TPSA) is 89.6 Å². The molecule has 1 aromatic heterocycles. The minimum atomic E-state index is -1.12. The molecule has 0 bridgehead atoms. The summed E-state index contributed by atoms with van der Waals surface area (Å²) in [6.07, 6.45) is 0.891. The van der Waals surface area contributed by atoms with Gasteiger partial charge >= 0.3 is 11.7 Å². The van der Waals surface area contributed by atoms with Gasteiger partial charge in [-0.2, -0.15) is 4.68 Å². The molecule has 1 fully saturated rings. The van der Waals surface area contributed by atoms with Crippen molar-refractivity contribution in [2.45, 2.75) is 33.2 Å². The second-order valence-electron chi connectivity index (χ2n) is 9.88. The number of carboxylic acid groups (broad SMARTS) is 1. The van der Waals surface area contributed by atoms with E-state index in [-0.39, 0.29) is 5.82 Å². The van der Waals surface area contributed by atoms with E-state index in [9.17, 15) is 14.7 Å². The Balaban J connectivity index is 1.71. The Morgan fingerprint density at radius 3 is 2.43 bits per heavy atom. The predicted octanol–water partition coefficient (Wildman–Crippen LogP) is 3.90. The maximum Gasteiger partial charge on any atom is 0.351 e. The number of carbonyl (C=O) groups is 1. The Hall–Kier alpha value is -2.94. The zero-order valence-electron chi connectivity index (χ0n) is 20.3. The lowest BCUT2D eigenvalue weighted by atomic mass is 9.86. The van der Waals surface area contributed by atoms with Gasteiger partial charge in [-0.3, -0.25) is 9.47 Å². The first kappa shape index (κ1) is 25.2. The SMILES string of the molecule is CC(C)(C)C(C(=O)O)n1c(-c2cccc(Cl)c2)nn(-c2ccc(CCN3CCOCC3)cc2)c1=O. The smallest absolute Gasteiger partial charge is 0.351 e. The van der Waals surface area contributed by atoms with Crippen LogP contribution in [0.5, 0.6) is 0 Å². The molecule has 0 radical (unpaired) electrons. The molecule has 1 atom stereocenters. The van der Waals surface area contributed by atoms with E-state index in [1.807, 2.05) is 24.3 Å². The van der Waals surface area contributed by atoms with Gasteiger partial charge in [-0.1, -0.05) is 56.6 Å². The van der Waals surface area contributed by atoms with Gasteiger partial charge in [0.1, 0.15) is 6.04 Å². The third-order valence-corrected chi connectivity index (χ3v) is 6.44. The molecule has 3 aromatic rings. The second-order valence-corrected chi connectivity index (χ2v) is 10.3. The van der Waals surface area contributed by atoms with Crippen LogP contribution in [0.3, 0.4) is 0 Å². The molecule has 2 aromatic carbocycles. The summed E-state index contributed by atoms with van der Waals surface area (Å²) in [7, 11) is 0. The fourth-order valence-electron chi connectivity index (χ4n) is 4.39. The van der Waals surface area contributed by atoms with E-state index in [4.69, 9.17) is 16.3 Å². The molecule has 1 N–H and O–H groups in total. The maximum atomic E-state index is 13.6. The van der Waals surface area contributed by atoms with Crippen molar-refractivity contribution in [3.05, 3.63) is 69.6 Å². The maximum absolute atomic E-state index is 13.6. The summed E-state index contributed by atoms with van der Waals surface area (Å²) in [5.74, 6) is -0.836. The molecule has 0 spiro atoms. The Bertz CT molecular complexity index is 1240. The minimum absolute atomic E-state index is 0.260. The van der Waals surface area contributed by atoms with Crippen molar-refractivity contribution >= 4 is 17.6 Å². The standard InChI is InChI=1S/C26H31ClN4O4/c1-26(2,3)22(24(32)33)30-23(19-5-4-6-20(27)17-19)28-31(25(30)34)21-9-7-18(8-10-21)11-12-29-13-15-35-16-14-29/h4-10,17,22H,11-16H2,1-3H3,(H,32,33). The summed E-state index contributed by atoms with van der Waals surface area (Å²) < 4.78 is 7.93. The van der Waals surface area contributed by atoms with Gasteiger partial charge < -0.3 is 9.84 Å². The van der Waals surface area contributed by atoms with Crippen LogP contribution in [0, 0.1) is 5.41 Å². The molecule has 1 unspecified atom stereocenters. The van der Waals surface area contributed by atoms with E-state index in [2.05, 4.69) is 10.00 Å². The number of halogens is 1. The number of nitrogens with zero attached hydrogens (tertiary/aromatic N) is 4. The van der Waals surface area contributed by atoms with E-state index < -0.39 is 23.1 Å². The summed E-state index contributed by atoms with van der Waals surface area (Å²) in [5, 5.41) is 15.1. The molecular weight excluding hydrogens is 468 g/mol. The van der Waals surface area contributed by atoms with E-state index >= 15 is 0 Å². The number of hydrogen-bond donors (Lipinski definition) is 1. The van der Waals surface area contributed by atoms with Crippen LogP contribution in [0.2, 0.25) is 5.02 Å². The van der Waals surface area contributed by atoms with Crippen LogP contribution in [-0.2, 0) is 16.0 Å². The fourth-order valence-corrected chi connectivity index (χ4v) is 4.58. The lowest BCUT2D eigenvalue weighted by Crippen LogP contribution is -2.38. The summed E-state index contributed by atoms with van der Waals surface area (Å²) in [6.45, 7) is 9.74. The van der Waals surface area contributed by atoms with Gasteiger partial charge in [0.05, 0.1) is 18.9 Å². The summed E-state index contributed by atoms with van der Waals surface area (Å²) in [5.41, 5.74) is 1.06. The molecule has 4 rings (SSSR count). The van der Waals surface area contributed by atoms with Crippen molar-refractivity contribution in [1.29, 1.82) is 0 Å². The highest BCUT2D eigenvalue weighted by molar-refractivity contribution is 6.30. The molecule has 2 heterocycles. The number of carboxylic acids is 1. The van der Waals surface area contributed by atoms with Crippen LogP contribution in [0.1, 0.15) is 32.4 Å². The number of rotatable bonds is 7. The molecule has 0 amide bonds. The molecule has 1 saturated heterocycles. The molecule has 0 aliphatic carbocycles. The van der Waals surface area contributed by atoms with Crippen LogP contribution < -0.4 is 5.69 Å². The zero-order valence-corrected chi connectivity index (χ0v) is 21.0. The number of morpholine rings is 1. The fraction of sp³-hybridized carbons (Fsp3) is 0.423. The van der Waals surface area contributed by atoms with E-state index in [0.29, 0.717) is 16.3 Å². The molecule has 1 aliphatic heterocycles. The average Bonchev–Trinajstić information content (AvgIpc) is 3.14. The summed E-state index contributed by atoms with van der Waals surface area (Å²) >= 11 is 6.20. The van der Waals surface area contributed by atoms with Gasteiger partial charge in [-0.25, -0.2) is 9.59 Å². The minimum Gasteiger partial charge on any atom is -0.480 e. The first-order valence-corrected chi connectivity index (χ1v) is 12.1. The quantitative estimate of drug-likeness (QED) is 0.531. The third kappa shape index (κ3) is 5.66. The van der Waals surface area contributed by atoms with E-state index in [0.717, 1.165) is 44.8 Å². The molecule has 0 saturated carbocycles. The molecule has 35 heavy (non-hydrogen) atoms. The van der Waals surface area contributed by atoms with Crippen LogP contribution >= 0.6 is 11.6 Å². The van der Waals surface area contributed by atoms with Gasteiger partial charge in [-0.15, -0.1) is 5.10 Å². The molecule has 1 aliphatic rings. The lowest BCUT2D eigenvalue weighted by molar-refractivity contribution is -0.144. The van der Waals surface area contributed by atoms with Crippen molar-refractivity contribution in [3.8, 4) is 17.1 Å². The van der Waals surface area contributed by atoms with Crippen molar-refractivity contribution in [2.24, 2.45) is 5.41 Å². The van der Waals surface area contributed by atoms with Crippen LogP contribution in [-0.4, -0.2) is 63.2 Å². The third-order valence-electron chi connectivity index (χ3n) is 6.21. The summed E-state index contributed by atoms with van der Waals surface area (Å²) in [6, 6.07) is 13.5. The van der Waals surface area contributed by atoms with Gasteiger partial charge in [0.15, 0.2) is 5.82 Å². The zero-order chi connectivity index (χ0) is 25.2. The van der Waals surface area contributed by atoms with E-state index in [1.165, 1.54) is 9.25 Å². The number of benzene rings is 2. The predicted molar refractivity (Wildman–Crippen MR) is 135 cm³/mol. The summed E-state index contributed by atoms with van der Waals surface area (Å²) in [4.78, 5) is 28.3. The van der Waals surface area contributed by atoms with Crippen LogP contribution in [0.15, 0.2) is 53.3 Å². The van der Waals surface area contributed by atoms with Gasteiger partial charge in [-0.05, 0) is 41.7 Å². The normalized spacial score (nSPS) is 15.8. The molecule has 186 valence electrons. The number of hydrogen-bond acceptors (Lipinski definition) is 5. The average molecular weight is 499 g/mol. The first-order valence-electron chi connectivity index (χ1n) is 11.7. The van der Waals surface area contributed by atoms with E-state index in [1.54, 1.807) is 45.0 Å². The number of aliphatic carboxylic acids is 1. The van der Waals surface area contributed by atoms with Gasteiger partial charge in [0.25, 0.3) is 0 Å². The first-order chi connectivity index (χ1) is 16.6. The highest BCUT2D eigenvalue weighted by Gasteiger charge is 2.37. The second kappa shape index (κ2) is 10.4. The number of aromatic nitrogens is 3. The Morgan fingerprint density at radius 1 is 1.14 bits per heavy atom. The molecule has 9 heteroatoms. The van der Waals surface area contributed by atoms with Crippen molar-refractivity contribution in [2.75, 3.05) is 32.8 Å². The lowest BCUT2D eigenvalue weighted by Gasteiger charge is -2.28. The van der Waals surface area contributed by atoms with Crippen molar-refractivity contribution in [3.63, 3.8) is 0 Å². The highest BCUT2D eigenvalue weighted by Crippen LogP contribution is 2.33. The Kier molecular flexibility index (Phi) is 7.44. The van der Waals surface area contributed by atoms with Gasteiger partial charge in [0.2, 0.25) is 0 Å². The van der Waals surface area contributed by atoms with Crippen molar-refractivity contribution < 1.29 is 14.6 Å². The van der Waals surface area contributed by atoms with Crippen LogP contribution in [0.4, 0.5) is 0 Å². The Morgan fingerprint density at radius 2 is 1.83 bits per heavy atom. The highest BCUT2D eigenvalue weighted by atomic mass is 35.5. The largest absolute Gasteiger partial charge is 0.480 e. The van der Waals surface area contributed by atoms with Gasteiger partial charge in [0, 0.05) is 30.2 Å². The molecular formula is C26H31ClN4O4.